The number of hydrogen-bond donors (Lipinski definition) is 1. The molecule has 0 spiro atoms. The molecule has 0 radical (unpaired) electrons. The Labute approximate surface area is 127 Å². The number of thioether (sulfide) groups is 1. The van der Waals surface area contributed by atoms with Crippen LogP contribution in [0.4, 0.5) is 0 Å². The maximum atomic E-state index is 3.65. The molecule has 1 atom stereocenters. The van der Waals surface area contributed by atoms with Crippen molar-refractivity contribution >= 4 is 11.8 Å². The molecule has 110 valence electrons. The van der Waals surface area contributed by atoms with E-state index in [0.717, 1.165) is 12.5 Å². The van der Waals surface area contributed by atoms with E-state index in [1.165, 1.54) is 55.7 Å². The van der Waals surface area contributed by atoms with Gasteiger partial charge < -0.3 is 5.32 Å². The predicted octanol–water partition coefficient (Wildman–Crippen LogP) is 4.83. The van der Waals surface area contributed by atoms with Gasteiger partial charge in [-0.15, -0.1) is 11.8 Å². The molecule has 1 aromatic carbocycles. The van der Waals surface area contributed by atoms with Crippen LogP contribution in [0.15, 0.2) is 29.2 Å². The molecule has 1 N–H and O–H groups in total. The third-order valence-electron chi connectivity index (χ3n) is 5.14. The van der Waals surface area contributed by atoms with Gasteiger partial charge in [0, 0.05) is 17.2 Å². The molecule has 1 aromatic rings. The van der Waals surface area contributed by atoms with Crippen molar-refractivity contribution in [3.8, 4) is 0 Å². The maximum Gasteiger partial charge on any atom is 0.0107 e. The van der Waals surface area contributed by atoms with E-state index < -0.39 is 0 Å². The quantitative estimate of drug-likeness (QED) is 0.833. The van der Waals surface area contributed by atoms with E-state index in [1.54, 1.807) is 5.56 Å². The van der Waals surface area contributed by atoms with Crippen molar-refractivity contribution in [1.29, 1.82) is 0 Å². The summed E-state index contributed by atoms with van der Waals surface area (Å²) in [6.45, 7) is 4.57. The number of benzene rings is 1. The SMILES string of the molecule is CCNCC1(CC2CSc3ccccc32)CCCCC1. The van der Waals surface area contributed by atoms with Gasteiger partial charge in [0.05, 0.1) is 0 Å². The zero-order valence-electron chi connectivity index (χ0n) is 12.7. The summed E-state index contributed by atoms with van der Waals surface area (Å²) in [4.78, 5) is 1.53. The highest BCUT2D eigenvalue weighted by Crippen LogP contribution is 2.49. The molecule has 0 amide bonds. The van der Waals surface area contributed by atoms with Crippen molar-refractivity contribution in [3.05, 3.63) is 29.8 Å². The van der Waals surface area contributed by atoms with E-state index in [-0.39, 0.29) is 0 Å². The fraction of sp³-hybridized carbons (Fsp3) is 0.667. The van der Waals surface area contributed by atoms with Gasteiger partial charge in [0.2, 0.25) is 0 Å². The van der Waals surface area contributed by atoms with Crippen LogP contribution < -0.4 is 5.32 Å². The summed E-state index contributed by atoms with van der Waals surface area (Å²) in [5.74, 6) is 2.08. The highest BCUT2D eigenvalue weighted by molar-refractivity contribution is 7.99. The van der Waals surface area contributed by atoms with Crippen LogP contribution in [0.5, 0.6) is 0 Å². The third-order valence-corrected chi connectivity index (χ3v) is 6.39. The molecule has 0 saturated heterocycles. The smallest absolute Gasteiger partial charge is 0.0107 e. The second-order valence-corrected chi connectivity index (χ2v) is 7.65. The monoisotopic (exact) mass is 289 g/mol. The molecule has 0 aromatic heterocycles. The van der Waals surface area contributed by atoms with Crippen LogP contribution in [0.2, 0.25) is 0 Å². The molecular formula is C18H27NS. The topological polar surface area (TPSA) is 12.0 Å². The summed E-state index contributed by atoms with van der Waals surface area (Å²) in [6, 6.07) is 9.07. The molecule has 1 aliphatic heterocycles. The van der Waals surface area contributed by atoms with Gasteiger partial charge in [-0.05, 0) is 48.8 Å². The lowest BCUT2D eigenvalue weighted by Gasteiger charge is -2.39. The molecule has 0 bridgehead atoms. The fourth-order valence-corrected chi connectivity index (χ4v) is 5.32. The molecule has 2 heteroatoms. The summed E-state index contributed by atoms with van der Waals surface area (Å²) in [6.07, 6.45) is 8.58. The van der Waals surface area contributed by atoms with Crippen molar-refractivity contribution in [1.82, 2.24) is 5.32 Å². The second kappa shape index (κ2) is 6.53. The van der Waals surface area contributed by atoms with Crippen molar-refractivity contribution in [3.63, 3.8) is 0 Å². The molecule has 1 nitrogen and oxygen atoms in total. The zero-order chi connectivity index (χ0) is 13.8. The summed E-state index contributed by atoms with van der Waals surface area (Å²) in [5.41, 5.74) is 2.19. The van der Waals surface area contributed by atoms with Gasteiger partial charge in [0.1, 0.15) is 0 Å². The first-order chi connectivity index (χ1) is 9.83. The summed E-state index contributed by atoms with van der Waals surface area (Å²) >= 11 is 2.07. The van der Waals surface area contributed by atoms with Gasteiger partial charge in [0.25, 0.3) is 0 Å². The molecule has 2 aliphatic rings. The summed E-state index contributed by atoms with van der Waals surface area (Å²) < 4.78 is 0. The van der Waals surface area contributed by atoms with Crippen LogP contribution in [0.1, 0.15) is 56.9 Å². The Morgan fingerprint density at radius 3 is 2.80 bits per heavy atom. The third kappa shape index (κ3) is 3.07. The Balaban J connectivity index is 1.73. The van der Waals surface area contributed by atoms with Crippen LogP contribution in [-0.2, 0) is 0 Å². The summed E-state index contributed by atoms with van der Waals surface area (Å²) in [7, 11) is 0. The highest BCUT2D eigenvalue weighted by atomic mass is 32.2. The summed E-state index contributed by atoms with van der Waals surface area (Å²) in [5, 5.41) is 3.65. The van der Waals surface area contributed by atoms with Crippen LogP contribution in [-0.4, -0.2) is 18.8 Å². The van der Waals surface area contributed by atoms with E-state index in [9.17, 15) is 0 Å². The average molecular weight is 289 g/mol. The zero-order valence-corrected chi connectivity index (χ0v) is 13.5. The van der Waals surface area contributed by atoms with Gasteiger partial charge in [-0.2, -0.15) is 0 Å². The Morgan fingerprint density at radius 1 is 1.20 bits per heavy atom. The average Bonchev–Trinajstić information content (AvgIpc) is 2.89. The number of rotatable bonds is 5. The van der Waals surface area contributed by atoms with Crippen LogP contribution in [0.25, 0.3) is 0 Å². The minimum absolute atomic E-state index is 0.566. The Hall–Kier alpha value is -0.470. The molecule has 3 rings (SSSR count). The first-order valence-electron chi connectivity index (χ1n) is 8.25. The van der Waals surface area contributed by atoms with Crippen molar-refractivity contribution in [2.24, 2.45) is 5.41 Å². The highest BCUT2D eigenvalue weighted by Gasteiger charge is 2.36. The van der Waals surface area contributed by atoms with Gasteiger partial charge in [-0.3, -0.25) is 0 Å². The molecule has 1 unspecified atom stereocenters. The Bertz CT molecular complexity index is 437. The Morgan fingerprint density at radius 2 is 2.00 bits per heavy atom. The lowest BCUT2D eigenvalue weighted by atomic mass is 9.68. The van der Waals surface area contributed by atoms with Crippen LogP contribution in [0.3, 0.4) is 0 Å². The normalized spacial score (nSPS) is 24.6. The number of nitrogens with one attached hydrogen (secondary N) is 1. The van der Waals surface area contributed by atoms with Crippen LogP contribution in [0, 0.1) is 5.41 Å². The Kier molecular flexibility index (Phi) is 4.72. The van der Waals surface area contributed by atoms with E-state index in [2.05, 4.69) is 48.3 Å². The first-order valence-corrected chi connectivity index (χ1v) is 9.24. The van der Waals surface area contributed by atoms with E-state index in [4.69, 9.17) is 0 Å². The van der Waals surface area contributed by atoms with Gasteiger partial charge >= 0.3 is 0 Å². The van der Waals surface area contributed by atoms with E-state index >= 15 is 0 Å². The maximum absolute atomic E-state index is 3.65. The molecule has 20 heavy (non-hydrogen) atoms. The minimum Gasteiger partial charge on any atom is -0.316 e. The molecule has 1 heterocycles. The van der Waals surface area contributed by atoms with Gasteiger partial charge in [-0.1, -0.05) is 44.4 Å². The van der Waals surface area contributed by atoms with E-state index in [0.29, 0.717) is 5.41 Å². The number of fused-ring (bicyclic) bond motifs is 1. The van der Waals surface area contributed by atoms with Crippen molar-refractivity contribution in [2.75, 3.05) is 18.8 Å². The lowest BCUT2D eigenvalue weighted by molar-refractivity contribution is 0.158. The molecule has 1 saturated carbocycles. The molecular weight excluding hydrogens is 262 g/mol. The molecule has 1 aliphatic carbocycles. The standard InChI is InChI=1S/C18H27NS/c1-2-19-14-18(10-6-3-7-11-18)12-15-13-20-17-9-5-4-8-16(15)17/h4-5,8-9,15,19H,2-3,6-7,10-14H2,1H3. The predicted molar refractivity (Wildman–Crippen MR) is 88.6 cm³/mol. The van der Waals surface area contributed by atoms with Gasteiger partial charge in [0.15, 0.2) is 0 Å². The molecule has 1 fully saturated rings. The van der Waals surface area contributed by atoms with Crippen molar-refractivity contribution in [2.45, 2.75) is 56.3 Å². The van der Waals surface area contributed by atoms with E-state index in [1.807, 2.05) is 0 Å². The van der Waals surface area contributed by atoms with Gasteiger partial charge in [-0.25, -0.2) is 0 Å². The van der Waals surface area contributed by atoms with Crippen molar-refractivity contribution < 1.29 is 0 Å². The number of hydrogen-bond acceptors (Lipinski definition) is 2. The fourth-order valence-electron chi connectivity index (χ4n) is 4.07. The second-order valence-electron chi connectivity index (χ2n) is 6.59. The van der Waals surface area contributed by atoms with Crippen LogP contribution >= 0.6 is 11.8 Å². The largest absolute Gasteiger partial charge is 0.316 e. The minimum atomic E-state index is 0.566. The lowest BCUT2D eigenvalue weighted by Crippen LogP contribution is -2.37. The first kappa shape index (κ1) is 14.5.